The highest BCUT2D eigenvalue weighted by atomic mass is 32.2. The Hall–Kier alpha value is -2.71. The van der Waals surface area contributed by atoms with Crippen molar-refractivity contribution in [1.29, 1.82) is 0 Å². The normalized spacial score (nSPS) is 14.4. The lowest BCUT2D eigenvalue weighted by Gasteiger charge is -2.19. The Morgan fingerprint density at radius 3 is 2.48 bits per heavy atom. The molecule has 8 heteroatoms. The summed E-state index contributed by atoms with van der Waals surface area (Å²) in [5, 5.41) is 2.79. The maximum atomic E-state index is 12.7. The van der Waals surface area contributed by atoms with Gasteiger partial charge in [-0.1, -0.05) is 26.0 Å². The molecule has 7 nitrogen and oxygen atoms in total. The van der Waals surface area contributed by atoms with Crippen LogP contribution in [0.15, 0.2) is 53.4 Å². The van der Waals surface area contributed by atoms with Crippen LogP contribution >= 0.6 is 0 Å². The smallest absolute Gasteiger partial charge is 0.255 e. The van der Waals surface area contributed by atoms with Gasteiger partial charge in [-0.15, -0.1) is 0 Å². The molecule has 0 atom stereocenters. The summed E-state index contributed by atoms with van der Waals surface area (Å²) in [5.41, 5.74) is 1.54. The highest BCUT2D eigenvalue weighted by molar-refractivity contribution is 7.89. The zero-order valence-corrected chi connectivity index (χ0v) is 17.4. The predicted molar refractivity (Wildman–Crippen MR) is 113 cm³/mol. The molecule has 2 aromatic rings. The summed E-state index contributed by atoms with van der Waals surface area (Å²) in [4.78, 5) is 26.4. The number of hydrogen-bond acceptors (Lipinski definition) is 4. The van der Waals surface area contributed by atoms with Gasteiger partial charge in [-0.05, 0) is 42.8 Å². The molecule has 0 unspecified atom stereocenters. The molecule has 2 aromatic carbocycles. The average Bonchev–Trinajstić information content (AvgIpc) is 3.15. The van der Waals surface area contributed by atoms with E-state index in [9.17, 15) is 18.0 Å². The minimum atomic E-state index is -3.64. The van der Waals surface area contributed by atoms with E-state index in [1.165, 1.54) is 16.4 Å². The molecule has 0 radical (unpaired) electrons. The summed E-state index contributed by atoms with van der Waals surface area (Å²) in [6.45, 7) is 4.93. The fourth-order valence-electron chi connectivity index (χ4n) is 3.39. The summed E-state index contributed by atoms with van der Waals surface area (Å²) in [7, 11) is -3.64. The number of amides is 2. The Bertz CT molecular complexity index is 1020. The van der Waals surface area contributed by atoms with Gasteiger partial charge in [0.15, 0.2) is 0 Å². The van der Waals surface area contributed by atoms with E-state index in [2.05, 4.69) is 5.32 Å². The van der Waals surface area contributed by atoms with Crippen molar-refractivity contribution in [2.45, 2.75) is 31.6 Å². The van der Waals surface area contributed by atoms with Gasteiger partial charge < -0.3 is 10.2 Å². The van der Waals surface area contributed by atoms with Crippen molar-refractivity contribution in [3.8, 4) is 0 Å². The molecule has 1 fully saturated rings. The number of nitrogens with zero attached hydrogens (tertiary/aromatic N) is 2. The molecule has 3 rings (SSSR count). The van der Waals surface area contributed by atoms with E-state index in [1.54, 1.807) is 49.1 Å². The Morgan fingerprint density at radius 2 is 1.83 bits per heavy atom. The zero-order valence-electron chi connectivity index (χ0n) is 16.6. The molecule has 1 saturated heterocycles. The van der Waals surface area contributed by atoms with Crippen LogP contribution in [0.4, 0.5) is 11.4 Å². The molecular formula is C21H25N3O4S. The van der Waals surface area contributed by atoms with Gasteiger partial charge >= 0.3 is 0 Å². The summed E-state index contributed by atoms with van der Waals surface area (Å²) in [5.74, 6) is -0.339. The zero-order chi connectivity index (χ0) is 21.0. The number of benzene rings is 2. The molecule has 0 aliphatic carbocycles. The van der Waals surface area contributed by atoms with Crippen LogP contribution in [0, 0.1) is 0 Å². The van der Waals surface area contributed by atoms with Crippen LogP contribution in [0.1, 0.15) is 37.0 Å². The summed E-state index contributed by atoms with van der Waals surface area (Å²) < 4.78 is 26.8. The lowest BCUT2D eigenvalue weighted by atomic mass is 10.2. The third kappa shape index (κ3) is 4.49. The van der Waals surface area contributed by atoms with Gasteiger partial charge in [0.2, 0.25) is 15.9 Å². The number of hydrogen-bond donors (Lipinski definition) is 1. The SMILES string of the molecule is CCN(CC)S(=O)(=O)c1cccc(C(=O)Nc2cccc(N3CCCC3=O)c2)c1. The van der Waals surface area contributed by atoms with E-state index in [4.69, 9.17) is 0 Å². The van der Waals surface area contributed by atoms with E-state index in [0.29, 0.717) is 31.7 Å². The minimum absolute atomic E-state index is 0.0720. The van der Waals surface area contributed by atoms with Gasteiger partial charge in [0.05, 0.1) is 4.90 Å². The molecule has 1 heterocycles. The summed E-state index contributed by atoms with van der Waals surface area (Å²) >= 11 is 0. The van der Waals surface area contributed by atoms with Crippen LogP contribution in [0.5, 0.6) is 0 Å². The highest BCUT2D eigenvalue weighted by Gasteiger charge is 2.23. The van der Waals surface area contributed by atoms with Crippen LogP contribution in [0.2, 0.25) is 0 Å². The quantitative estimate of drug-likeness (QED) is 0.753. The average molecular weight is 416 g/mol. The molecule has 1 aliphatic rings. The van der Waals surface area contributed by atoms with Crippen molar-refractivity contribution in [3.05, 3.63) is 54.1 Å². The van der Waals surface area contributed by atoms with Crippen molar-refractivity contribution in [2.75, 3.05) is 29.9 Å². The van der Waals surface area contributed by atoms with Gasteiger partial charge in [-0.2, -0.15) is 4.31 Å². The molecular weight excluding hydrogens is 390 g/mol. The van der Waals surface area contributed by atoms with Gasteiger partial charge in [-0.25, -0.2) is 8.42 Å². The van der Waals surface area contributed by atoms with Crippen LogP contribution in [-0.4, -0.2) is 44.2 Å². The largest absolute Gasteiger partial charge is 0.322 e. The van der Waals surface area contributed by atoms with E-state index >= 15 is 0 Å². The number of sulfonamides is 1. The van der Waals surface area contributed by atoms with Crippen LogP contribution in [0.25, 0.3) is 0 Å². The molecule has 29 heavy (non-hydrogen) atoms. The van der Waals surface area contributed by atoms with Gasteiger partial charge in [0.25, 0.3) is 5.91 Å². The first-order valence-corrected chi connectivity index (χ1v) is 11.1. The Morgan fingerprint density at radius 1 is 1.10 bits per heavy atom. The van der Waals surface area contributed by atoms with Crippen LogP contribution in [0.3, 0.4) is 0 Å². The fraction of sp³-hybridized carbons (Fsp3) is 0.333. The second-order valence-electron chi connectivity index (χ2n) is 6.77. The second kappa shape index (κ2) is 8.75. The van der Waals surface area contributed by atoms with E-state index in [-0.39, 0.29) is 16.4 Å². The number of nitrogens with one attached hydrogen (secondary N) is 1. The number of anilines is 2. The Kier molecular flexibility index (Phi) is 6.34. The monoisotopic (exact) mass is 415 g/mol. The van der Waals surface area contributed by atoms with Gasteiger partial charge in [0, 0.05) is 43.0 Å². The van der Waals surface area contributed by atoms with Crippen molar-refractivity contribution in [1.82, 2.24) is 4.31 Å². The minimum Gasteiger partial charge on any atom is -0.322 e. The molecule has 2 amide bonds. The molecule has 0 saturated carbocycles. The van der Waals surface area contributed by atoms with Crippen molar-refractivity contribution >= 4 is 33.2 Å². The van der Waals surface area contributed by atoms with Crippen molar-refractivity contribution < 1.29 is 18.0 Å². The van der Waals surface area contributed by atoms with E-state index in [0.717, 1.165) is 12.1 Å². The molecule has 1 N–H and O–H groups in total. The molecule has 0 spiro atoms. The molecule has 0 bridgehead atoms. The molecule has 154 valence electrons. The molecule has 0 aromatic heterocycles. The topological polar surface area (TPSA) is 86.8 Å². The number of carbonyl (C=O) groups is 2. The third-order valence-electron chi connectivity index (χ3n) is 4.93. The first kappa shape index (κ1) is 21.0. The Labute approximate surface area is 171 Å². The van der Waals surface area contributed by atoms with Crippen molar-refractivity contribution in [3.63, 3.8) is 0 Å². The third-order valence-corrected chi connectivity index (χ3v) is 6.97. The Balaban J connectivity index is 1.81. The summed E-state index contributed by atoms with van der Waals surface area (Å²) in [6.07, 6.45) is 1.35. The molecule has 1 aliphatic heterocycles. The van der Waals surface area contributed by atoms with Crippen molar-refractivity contribution in [2.24, 2.45) is 0 Å². The number of carbonyl (C=O) groups excluding carboxylic acids is 2. The summed E-state index contributed by atoms with van der Waals surface area (Å²) in [6, 6.07) is 13.1. The van der Waals surface area contributed by atoms with E-state index < -0.39 is 15.9 Å². The fourth-order valence-corrected chi connectivity index (χ4v) is 4.89. The van der Waals surface area contributed by atoms with Gasteiger partial charge in [0.1, 0.15) is 0 Å². The standard InChI is InChI=1S/C21H25N3O4S/c1-3-23(4-2)29(27,28)19-11-5-8-16(14-19)21(26)22-17-9-6-10-18(15-17)24-13-7-12-20(24)25/h5-6,8-11,14-15H,3-4,7,12-13H2,1-2H3,(H,22,26). The lowest BCUT2D eigenvalue weighted by Crippen LogP contribution is -2.30. The maximum absolute atomic E-state index is 12.7. The number of rotatable bonds is 7. The first-order valence-electron chi connectivity index (χ1n) is 9.68. The predicted octanol–water partition coefficient (Wildman–Crippen LogP) is 3.10. The van der Waals surface area contributed by atoms with Crippen LogP contribution in [-0.2, 0) is 14.8 Å². The lowest BCUT2D eigenvalue weighted by molar-refractivity contribution is -0.117. The maximum Gasteiger partial charge on any atom is 0.255 e. The first-order chi connectivity index (χ1) is 13.9. The van der Waals surface area contributed by atoms with Crippen LogP contribution < -0.4 is 10.2 Å². The van der Waals surface area contributed by atoms with E-state index in [1.807, 2.05) is 6.07 Å². The highest BCUT2D eigenvalue weighted by Crippen LogP contribution is 2.25. The second-order valence-corrected chi connectivity index (χ2v) is 8.71. The van der Waals surface area contributed by atoms with Gasteiger partial charge in [-0.3, -0.25) is 9.59 Å².